The van der Waals surface area contributed by atoms with Crippen LogP contribution in [0.5, 0.6) is 0 Å². The number of hydrogen-bond acceptors (Lipinski definition) is 5. The number of nitrogens with zero attached hydrogens (tertiary/aromatic N) is 2. The zero-order valence-corrected chi connectivity index (χ0v) is 14.9. The second kappa shape index (κ2) is 6.73. The van der Waals surface area contributed by atoms with Gasteiger partial charge in [-0.3, -0.25) is 9.52 Å². The first-order chi connectivity index (χ1) is 13.0. The van der Waals surface area contributed by atoms with Crippen molar-refractivity contribution in [2.75, 3.05) is 4.72 Å². The van der Waals surface area contributed by atoms with E-state index in [1.54, 1.807) is 16.7 Å². The normalized spacial score (nSPS) is 11.6. The third-order valence-corrected chi connectivity index (χ3v) is 5.48. The molecule has 2 heterocycles. The Labute approximate surface area is 154 Å². The lowest BCUT2D eigenvalue weighted by atomic mass is 10.2. The first kappa shape index (κ1) is 17.0. The molecule has 0 fully saturated rings. The van der Waals surface area contributed by atoms with E-state index in [-0.39, 0.29) is 16.3 Å². The van der Waals surface area contributed by atoms with E-state index in [9.17, 15) is 13.2 Å². The SMILES string of the molecule is O=c1ccc2cc(S(=O)(=O)Nc3ccon3)ccc2n1Cc1ccccc1. The number of aromatic nitrogens is 2. The molecule has 1 N–H and O–H groups in total. The lowest BCUT2D eigenvalue weighted by molar-refractivity contribution is 0.423. The Morgan fingerprint density at radius 3 is 2.56 bits per heavy atom. The summed E-state index contributed by atoms with van der Waals surface area (Å²) in [5.41, 5.74) is 1.49. The lowest BCUT2D eigenvalue weighted by Gasteiger charge is -2.12. The van der Waals surface area contributed by atoms with Crippen LogP contribution in [0.4, 0.5) is 5.82 Å². The molecule has 0 unspecified atom stereocenters. The average molecular weight is 381 g/mol. The summed E-state index contributed by atoms with van der Waals surface area (Å²) < 4.78 is 33.6. The molecular weight excluding hydrogens is 366 g/mol. The molecule has 4 aromatic rings. The van der Waals surface area contributed by atoms with Crippen molar-refractivity contribution in [3.63, 3.8) is 0 Å². The van der Waals surface area contributed by atoms with Gasteiger partial charge < -0.3 is 9.09 Å². The van der Waals surface area contributed by atoms with Gasteiger partial charge in [0.2, 0.25) is 0 Å². The van der Waals surface area contributed by atoms with Gasteiger partial charge in [0.15, 0.2) is 5.82 Å². The predicted octanol–water partition coefficient (Wildman–Crippen LogP) is 2.84. The topological polar surface area (TPSA) is 94.2 Å². The van der Waals surface area contributed by atoms with Gasteiger partial charge in [-0.05, 0) is 35.2 Å². The number of rotatable bonds is 5. The van der Waals surface area contributed by atoms with Gasteiger partial charge >= 0.3 is 0 Å². The van der Waals surface area contributed by atoms with Crippen LogP contribution in [0, 0.1) is 0 Å². The fourth-order valence-corrected chi connectivity index (χ4v) is 3.87. The zero-order valence-electron chi connectivity index (χ0n) is 14.1. The molecule has 0 radical (unpaired) electrons. The van der Waals surface area contributed by atoms with E-state index in [0.29, 0.717) is 17.4 Å². The Hall–Kier alpha value is -3.39. The van der Waals surface area contributed by atoms with Gasteiger partial charge in [-0.1, -0.05) is 35.5 Å². The number of nitrogens with one attached hydrogen (secondary N) is 1. The van der Waals surface area contributed by atoms with E-state index in [0.717, 1.165) is 5.56 Å². The summed E-state index contributed by atoms with van der Waals surface area (Å²) >= 11 is 0. The van der Waals surface area contributed by atoms with Crippen LogP contribution >= 0.6 is 0 Å². The molecular formula is C19H15N3O4S. The van der Waals surface area contributed by atoms with Crippen LogP contribution in [0.25, 0.3) is 10.9 Å². The Morgan fingerprint density at radius 1 is 1.00 bits per heavy atom. The summed E-state index contributed by atoms with van der Waals surface area (Å²) in [5.74, 6) is 0.101. The van der Waals surface area contributed by atoms with Crippen LogP contribution in [0.2, 0.25) is 0 Å². The van der Waals surface area contributed by atoms with Crippen LogP contribution in [0.1, 0.15) is 5.56 Å². The van der Waals surface area contributed by atoms with Crippen molar-refractivity contribution in [3.05, 3.63) is 88.9 Å². The minimum Gasteiger partial charge on any atom is -0.363 e. The summed E-state index contributed by atoms with van der Waals surface area (Å²) in [6.07, 6.45) is 1.28. The first-order valence-corrected chi connectivity index (χ1v) is 9.62. The number of sulfonamides is 1. The van der Waals surface area contributed by atoms with Gasteiger partial charge in [-0.15, -0.1) is 0 Å². The van der Waals surface area contributed by atoms with Gasteiger partial charge in [-0.25, -0.2) is 8.42 Å². The molecule has 8 heteroatoms. The Kier molecular flexibility index (Phi) is 4.25. The molecule has 0 aliphatic carbocycles. The highest BCUT2D eigenvalue weighted by Gasteiger charge is 2.17. The lowest BCUT2D eigenvalue weighted by Crippen LogP contribution is -2.20. The second-order valence-corrected chi connectivity index (χ2v) is 7.64. The molecule has 0 atom stereocenters. The molecule has 27 heavy (non-hydrogen) atoms. The maximum absolute atomic E-state index is 12.5. The predicted molar refractivity (Wildman–Crippen MR) is 101 cm³/mol. The molecule has 4 rings (SSSR count). The van der Waals surface area contributed by atoms with E-state index in [2.05, 4.69) is 14.4 Å². The monoisotopic (exact) mass is 381 g/mol. The molecule has 0 bridgehead atoms. The fraction of sp³-hybridized carbons (Fsp3) is 0.0526. The Bertz CT molecular complexity index is 1250. The van der Waals surface area contributed by atoms with Gasteiger partial charge in [0, 0.05) is 12.1 Å². The fourth-order valence-electron chi connectivity index (χ4n) is 2.84. The Balaban J connectivity index is 1.75. The summed E-state index contributed by atoms with van der Waals surface area (Å²) in [6.45, 7) is 0.403. The first-order valence-electron chi connectivity index (χ1n) is 8.14. The number of anilines is 1. The average Bonchev–Trinajstić information content (AvgIpc) is 3.17. The van der Waals surface area contributed by atoms with Crippen LogP contribution in [0.3, 0.4) is 0 Å². The number of hydrogen-bond donors (Lipinski definition) is 1. The third kappa shape index (κ3) is 3.47. The Morgan fingerprint density at radius 2 is 1.81 bits per heavy atom. The van der Waals surface area contributed by atoms with Crippen LogP contribution in [-0.2, 0) is 16.6 Å². The molecule has 0 spiro atoms. The molecule has 0 aliphatic rings. The molecule has 136 valence electrons. The summed E-state index contributed by atoms with van der Waals surface area (Å²) in [6, 6.07) is 18.7. The van der Waals surface area contributed by atoms with Crippen molar-refractivity contribution in [1.29, 1.82) is 0 Å². The maximum atomic E-state index is 12.5. The van der Waals surface area contributed by atoms with Crippen molar-refractivity contribution in [3.8, 4) is 0 Å². The van der Waals surface area contributed by atoms with Gasteiger partial charge in [-0.2, -0.15) is 0 Å². The van der Waals surface area contributed by atoms with Crippen molar-refractivity contribution < 1.29 is 12.9 Å². The van der Waals surface area contributed by atoms with Gasteiger partial charge in [0.1, 0.15) is 6.26 Å². The zero-order chi connectivity index (χ0) is 18.9. The molecule has 2 aromatic heterocycles. The minimum atomic E-state index is -3.82. The summed E-state index contributed by atoms with van der Waals surface area (Å²) in [4.78, 5) is 12.4. The van der Waals surface area contributed by atoms with Crippen LogP contribution < -0.4 is 10.3 Å². The summed E-state index contributed by atoms with van der Waals surface area (Å²) in [5, 5.41) is 4.20. The van der Waals surface area contributed by atoms with Crippen LogP contribution in [0.15, 0.2) is 87.2 Å². The van der Waals surface area contributed by atoms with Crippen molar-refractivity contribution >= 4 is 26.7 Å². The molecule has 7 nitrogen and oxygen atoms in total. The quantitative estimate of drug-likeness (QED) is 0.574. The molecule has 0 amide bonds. The van der Waals surface area contributed by atoms with Gasteiger partial charge in [0.05, 0.1) is 17.0 Å². The molecule has 0 saturated carbocycles. The number of fused-ring (bicyclic) bond motifs is 1. The largest absolute Gasteiger partial charge is 0.363 e. The molecule has 2 aromatic carbocycles. The van der Waals surface area contributed by atoms with Gasteiger partial charge in [0.25, 0.3) is 15.6 Å². The van der Waals surface area contributed by atoms with Crippen molar-refractivity contribution in [2.24, 2.45) is 0 Å². The van der Waals surface area contributed by atoms with E-state index < -0.39 is 10.0 Å². The number of benzene rings is 2. The number of pyridine rings is 1. The highest BCUT2D eigenvalue weighted by molar-refractivity contribution is 7.92. The van der Waals surface area contributed by atoms with Crippen LogP contribution in [-0.4, -0.2) is 18.1 Å². The smallest absolute Gasteiger partial charge is 0.263 e. The molecule has 0 saturated heterocycles. The highest BCUT2D eigenvalue weighted by Crippen LogP contribution is 2.21. The highest BCUT2D eigenvalue weighted by atomic mass is 32.2. The van der Waals surface area contributed by atoms with Crippen molar-refractivity contribution in [1.82, 2.24) is 9.72 Å². The minimum absolute atomic E-state index is 0.0721. The maximum Gasteiger partial charge on any atom is 0.263 e. The third-order valence-electron chi connectivity index (χ3n) is 4.13. The van der Waals surface area contributed by atoms with E-state index >= 15 is 0 Å². The van der Waals surface area contributed by atoms with E-state index in [4.69, 9.17) is 0 Å². The van der Waals surface area contributed by atoms with Crippen molar-refractivity contribution in [2.45, 2.75) is 11.4 Å². The summed E-state index contributed by atoms with van der Waals surface area (Å²) in [7, 11) is -3.82. The van der Waals surface area contributed by atoms with E-state index in [1.165, 1.54) is 30.5 Å². The second-order valence-electron chi connectivity index (χ2n) is 5.95. The standard InChI is InChI=1S/C19H15N3O4S/c23-19-9-6-15-12-16(27(24,25)21-18-10-11-26-20-18)7-8-17(15)22(19)13-14-4-2-1-3-5-14/h1-12H,13H2,(H,20,21). The van der Waals surface area contributed by atoms with E-state index in [1.807, 2.05) is 30.3 Å². The molecule has 0 aliphatic heterocycles.